The van der Waals surface area contributed by atoms with Crippen molar-refractivity contribution in [1.82, 2.24) is 29.5 Å². The van der Waals surface area contributed by atoms with Gasteiger partial charge in [0.25, 0.3) is 0 Å². The molecule has 202 valence electrons. The number of nitrogens with one attached hydrogen (secondary N) is 4. The van der Waals surface area contributed by atoms with Crippen molar-refractivity contribution in [2.45, 2.75) is 50.9 Å². The largest absolute Gasteiger partial charge is 0.394 e. The number of fused-ring (bicyclic) bond motifs is 8. The highest BCUT2D eigenvalue weighted by atomic mass is 16.5. The van der Waals surface area contributed by atoms with E-state index in [2.05, 4.69) is 73.5 Å². The first kappa shape index (κ1) is 25.0. The third-order valence-corrected chi connectivity index (χ3v) is 7.20. The lowest BCUT2D eigenvalue weighted by Gasteiger charge is -2.14. The SMILES string of the molecule is Nc1ccn([C@H]2CC[C@@H](CO)O2)c(=O)n1.c1cc2[nH]c1Cc1ccc([nH]1)Cc1ccc([nH]1)Cc1ccc([nH]1)C2. The van der Waals surface area contributed by atoms with E-state index in [1.54, 1.807) is 12.3 Å². The quantitative estimate of drug-likeness (QED) is 0.204. The van der Waals surface area contributed by atoms with Crippen molar-refractivity contribution in [1.29, 1.82) is 0 Å². The average Bonchev–Trinajstić information content (AvgIpc) is 3.74. The number of nitrogens with zero attached hydrogens (tertiary/aromatic N) is 2. The Morgan fingerprint density at radius 3 is 1.49 bits per heavy atom. The molecule has 39 heavy (non-hydrogen) atoms. The van der Waals surface area contributed by atoms with E-state index in [4.69, 9.17) is 15.6 Å². The molecule has 0 aliphatic carbocycles. The molecule has 2 aliphatic heterocycles. The Kier molecular flexibility index (Phi) is 6.95. The number of hydrogen-bond acceptors (Lipinski definition) is 5. The van der Waals surface area contributed by atoms with Crippen molar-refractivity contribution in [3.8, 4) is 0 Å². The predicted octanol–water partition coefficient (Wildman–Crippen LogP) is 3.17. The number of aromatic amines is 4. The molecule has 7 heterocycles. The molecule has 0 aromatic carbocycles. The van der Waals surface area contributed by atoms with Gasteiger partial charge >= 0.3 is 5.69 Å². The summed E-state index contributed by atoms with van der Waals surface area (Å²) in [5.41, 5.74) is 15.0. The monoisotopic (exact) mass is 527 g/mol. The molecule has 5 aromatic heterocycles. The third kappa shape index (κ3) is 5.92. The van der Waals surface area contributed by atoms with Crippen molar-refractivity contribution in [2.75, 3.05) is 12.3 Å². The first-order valence-corrected chi connectivity index (χ1v) is 13.3. The minimum absolute atomic E-state index is 0.0202. The summed E-state index contributed by atoms with van der Waals surface area (Å²) in [6.07, 6.45) is 6.14. The Labute approximate surface area is 225 Å². The third-order valence-electron chi connectivity index (χ3n) is 7.20. The summed E-state index contributed by atoms with van der Waals surface area (Å²) in [6.45, 7) is -0.0202. The van der Waals surface area contributed by atoms with Crippen molar-refractivity contribution in [2.24, 2.45) is 0 Å². The van der Waals surface area contributed by atoms with E-state index in [1.807, 2.05) is 0 Å². The normalized spacial score (nSPS) is 18.5. The molecule has 1 saturated heterocycles. The highest BCUT2D eigenvalue weighted by Gasteiger charge is 2.26. The van der Waals surface area contributed by atoms with Gasteiger partial charge in [-0.2, -0.15) is 4.98 Å². The smallest absolute Gasteiger partial charge is 0.351 e. The summed E-state index contributed by atoms with van der Waals surface area (Å²) in [6, 6.07) is 19.1. The zero-order valence-corrected chi connectivity index (χ0v) is 21.6. The van der Waals surface area contributed by atoms with Gasteiger partial charge in [0.2, 0.25) is 0 Å². The summed E-state index contributed by atoms with van der Waals surface area (Å²) in [7, 11) is 0. The number of hydrogen-bond donors (Lipinski definition) is 6. The molecule has 1 fully saturated rings. The van der Waals surface area contributed by atoms with E-state index in [0.29, 0.717) is 6.42 Å². The molecule has 7 N–H and O–H groups in total. The van der Waals surface area contributed by atoms with E-state index in [1.165, 1.54) is 50.1 Å². The van der Waals surface area contributed by atoms with Crippen molar-refractivity contribution in [3.05, 3.63) is 117 Å². The molecule has 10 heteroatoms. The van der Waals surface area contributed by atoms with Crippen LogP contribution >= 0.6 is 0 Å². The molecule has 10 nitrogen and oxygen atoms in total. The molecular formula is C29H33N7O3. The first-order valence-electron chi connectivity index (χ1n) is 13.3. The van der Waals surface area contributed by atoms with E-state index in [9.17, 15) is 4.79 Å². The number of H-pyrrole nitrogens is 4. The minimum atomic E-state index is -0.418. The van der Waals surface area contributed by atoms with Gasteiger partial charge in [-0.1, -0.05) is 0 Å². The molecule has 0 amide bonds. The summed E-state index contributed by atoms with van der Waals surface area (Å²) < 4.78 is 6.84. The molecule has 2 atom stereocenters. The maximum absolute atomic E-state index is 11.5. The molecule has 7 rings (SSSR count). The van der Waals surface area contributed by atoms with Crippen LogP contribution in [0.3, 0.4) is 0 Å². The lowest BCUT2D eigenvalue weighted by Crippen LogP contribution is -2.27. The van der Waals surface area contributed by atoms with Gasteiger partial charge < -0.3 is 35.5 Å². The standard InChI is InChI=1S/C20H20N4.C9H13N3O3/c1-2-14-10-16-5-6-18(23-16)12-20-8-7-19(24-20)11-17-4-3-15(22-17)9-13(1)21-14;10-7-3-4-12(9(14)11-7)8-2-1-6(5-13)15-8/h1-8,21-24H,9-12H2;3-4,6,8,13H,1-2,5H2,(H2,10,11,14)/t;6-,8+/m.0/s1. The summed E-state index contributed by atoms with van der Waals surface area (Å²) in [5.74, 6) is 0.202. The van der Waals surface area contributed by atoms with Gasteiger partial charge in [0.1, 0.15) is 12.0 Å². The fourth-order valence-electron chi connectivity index (χ4n) is 5.28. The van der Waals surface area contributed by atoms with Crippen LogP contribution < -0.4 is 11.4 Å². The molecule has 2 aliphatic rings. The highest BCUT2D eigenvalue weighted by molar-refractivity contribution is 5.29. The van der Waals surface area contributed by atoms with E-state index in [-0.39, 0.29) is 24.8 Å². The fraction of sp³-hybridized carbons (Fsp3) is 0.310. The summed E-state index contributed by atoms with van der Waals surface area (Å²) in [5, 5.41) is 8.90. The second-order valence-electron chi connectivity index (χ2n) is 10.3. The number of aliphatic hydroxyl groups excluding tert-OH is 1. The van der Waals surface area contributed by atoms with Crippen molar-refractivity contribution >= 4 is 5.82 Å². The molecule has 0 radical (unpaired) electrons. The number of nitrogens with two attached hydrogens (primary N) is 1. The Hall–Kier alpha value is -4.28. The van der Waals surface area contributed by atoms with Crippen LogP contribution in [0.15, 0.2) is 65.6 Å². The van der Waals surface area contributed by atoms with Gasteiger partial charge in [0.15, 0.2) is 0 Å². The van der Waals surface area contributed by atoms with Crippen LogP contribution in [0.4, 0.5) is 5.82 Å². The van der Waals surface area contributed by atoms with Gasteiger partial charge in [0.05, 0.1) is 12.7 Å². The van der Waals surface area contributed by atoms with Gasteiger partial charge in [-0.3, -0.25) is 4.57 Å². The second kappa shape index (κ2) is 10.8. The van der Waals surface area contributed by atoms with Crippen LogP contribution in [0.5, 0.6) is 0 Å². The predicted molar refractivity (Wildman–Crippen MR) is 148 cm³/mol. The molecule has 8 bridgehead atoms. The fourth-order valence-corrected chi connectivity index (χ4v) is 5.28. The highest BCUT2D eigenvalue weighted by Crippen LogP contribution is 2.26. The molecule has 0 unspecified atom stereocenters. The van der Waals surface area contributed by atoms with E-state index in [0.717, 1.165) is 32.1 Å². The van der Waals surface area contributed by atoms with Crippen LogP contribution in [0.25, 0.3) is 0 Å². The average molecular weight is 528 g/mol. The molecule has 5 aromatic rings. The van der Waals surface area contributed by atoms with Crippen LogP contribution in [-0.4, -0.2) is 47.3 Å². The lowest BCUT2D eigenvalue weighted by atomic mass is 10.2. The zero-order valence-electron chi connectivity index (χ0n) is 21.6. The van der Waals surface area contributed by atoms with Gasteiger partial charge in [-0.15, -0.1) is 0 Å². The van der Waals surface area contributed by atoms with Crippen molar-refractivity contribution in [3.63, 3.8) is 0 Å². The van der Waals surface area contributed by atoms with Gasteiger partial charge in [-0.25, -0.2) is 4.79 Å². The van der Waals surface area contributed by atoms with Crippen molar-refractivity contribution < 1.29 is 9.84 Å². The van der Waals surface area contributed by atoms with Crippen LogP contribution in [0.1, 0.15) is 64.6 Å². The maximum Gasteiger partial charge on any atom is 0.351 e. The minimum Gasteiger partial charge on any atom is -0.394 e. The van der Waals surface area contributed by atoms with Gasteiger partial charge in [0, 0.05) is 77.4 Å². The number of rotatable bonds is 2. The maximum atomic E-state index is 11.5. The summed E-state index contributed by atoms with van der Waals surface area (Å²) >= 11 is 0. The van der Waals surface area contributed by atoms with Gasteiger partial charge in [-0.05, 0) is 67.4 Å². The number of aromatic nitrogens is 6. The molecular weight excluding hydrogens is 494 g/mol. The Morgan fingerprint density at radius 2 is 1.15 bits per heavy atom. The van der Waals surface area contributed by atoms with Crippen LogP contribution in [-0.2, 0) is 30.4 Å². The topological polar surface area (TPSA) is 154 Å². The van der Waals surface area contributed by atoms with E-state index >= 15 is 0 Å². The number of ether oxygens (including phenoxy) is 1. The number of aliphatic hydroxyl groups is 1. The number of nitrogen functional groups attached to an aromatic ring is 1. The second-order valence-corrected chi connectivity index (χ2v) is 10.3. The first-order chi connectivity index (χ1) is 19.0. The lowest BCUT2D eigenvalue weighted by molar-refractivity contribution is -0.0245. The number of anilines is 1. The molecule has 0 saturated carbocycles. The summed E-state index contributed by atoms with van der Waals surface area (Å²) in [4.78, 5) is 29.3. The Morgan fingerprint density at radius 1 is 0.744 bits per heavy atom. The zero-order chi connectivity index (χ0) is 26.8. The van der Waals surface area contributed by atoms with E-state index < -0.39 is 5.69 Å². The molecule has 0 spiro atoms. The Balaban J connectivity index is 0.000000159. The van der Waals surface area contributed by atoms with Crippen LogP contribution in [0, 0.1) is 0 Å². The Bertz CT molecular complexity index is 1380. The van der Waals surface area contributed by atoms with Crippen LogP contribution in [0.2, 0.25) is 0 Å².